The molecule has 3 rings (SSSR count). The van der Waals surface area contributed by atoms with Crippen LogP contribution in [0.2, 0.25) is 0 Å². The van der Waals surface area contributed by atoms with Crippen LogP contribution in [0.25, 0.3) is 11.1 Å². The number of carbonyl (C=O) groups excluding carboxylic acids is 2. The van der Waals surface area contributed by atoms with E-state index >= 15 is 0 Å². The summed E-state index contributed by atoms with van der Waals surface area (Å²) in [6.07, 6.45) is -3.12. The van der Waals surface area contributed by atoms with Gasteiger partial charge in [0.25, 0.3) is 0 Å². The molecule has 0 spiro atoms. The highest BCUT2D eigenvalue weighted by molar-refractivity contribution is 5.81. The van der Waals surface area contributed by atoms with E-state index in [-0.39, 0.29) is 12.5 Å². The molecule has 0 fully saturated rings. The largest absolute Gasteiger partial charge is 0.509 e. The smallest absolute Gasteiger partial charge is 0.480 e. The van der Waals surface area contributed by atoms with E-state index in [1.807, 2.05) is 48.5 Å². The number of hydrogen-bond acceptors (Lipinski definition) is 6. The maximum absolute atomic E-state index is 12.4. The molecule has 32 heavy (non-hydrogen) atoms. The van der Waals surface area contributed by atoms with Gasteiger partial charge in [0.2, 0.25) is 0 Å². The van der Waals surface area contributed by atoms with Crippen molar-refractivity contribution >= 4 is 18.2 Å². The fourth-order valence-corrected chi connectivity index (χ4v) is 3.64. The van der Waals surface area contributed by atoms with Crippen molar-refractivity contribution in [1.82, 2.24) is 5.32 Å². The average Bonchev–Trinajstić information content (AvgIpc) is 3.02. The third-order valence-electron chi connectivity index (χ3n) is 5.02. The average molecular weight is 441 g/mol. The number of hydrogen-bond donors (Lipinski definition) is 2. The first-order chi connectivity index (χ1) is 15.1. The lowest BCUT2D eigenvalue weighted by Gasteiger charge is -2.24. The maximum Gasteiger partial charge on any atom is 0.509 e. The van der Waals surface area contributed by atoms with E-state index in [0.29, 0.717) is 0 Å². The van der Waals surface area contributed by atoms with E-state index in [4.69, 9.17) is 14.2 Å². The summed E-state index contributed by atoms with van der Waals surface area (Å²) in [5.41, 5.74) is 3.45. The van der Waals surface area contributed by atoms with Crippen molar-refractivity contribution in [2.45, 2.75) is 51.4 Å². The molecule has 2 aromatic carbocycles. The summed E-state index contributed by atoms with van der Waals surface area (Å²) in [6.45, 7) is 6.35. The number of carbonyl (C=O) groups is 3. The summed E-state index contributed by atoms with van der Waals surface area (Å²) in [6, 6.07) is 14.3. The zero-order valence-electron chi connectivity index (χ0n) is 18.5. The second-order valence-corrected chi connectivity index (χ2v) is 8.57. The number of carboxylic acid groups (broad SMARTS) is 1. The number of nitrogens with one attached hydrogen (secondary N) is 1. The number of rotatable bonds is 6. The van der Waals surface area contributed by atoms with Crippen LogP contribution in [-0.2, 0) is 19.0 Å². The van der Waals surface area contributed by atoms with Gasteiger partial charge in [-0.2, -0.15) is 0 Å². The van der Waals surface area contributed by atoms with Crippen LogP contribution in [0.3, 0.4) is 0 Å². The Morgan fingerprint density at radius 1 is 1.00 bits per heavy atom. The van der Waals surface area contributed by atoms with Gasteiger partial charge in [0, 0.05) is 5.92 Å². The number of aliphatic carboxylic acids is 1. The minimum atomic E-state index is -1.50. The zero-order valence-corrected chi connectivity index (χ0v) is 18.5. The SMILES string of the molecule is C[C@@H](OC(=O)OC(C)(C)C)[C@H](NC(=O)OCC1c2ccccc2-c2ccccc21)C(=O)O. The molecule has 170 valence electrons. The van der Waals surface area contributed by atoms with Gasteiger partial charge in [0.1, 0.15) is 18.3 Å². The minimum Gasteiger partial charge on any atom is -0.480 e. The maximum atomic E-state index is 12.4. The number of ether oxygens (including phenoxy) is 3. The molecule has 0 bridgehead atoms. The first-order valence-corrected chi connectivity index (χ1v) is 10.3. The molecule has 0 unspecified atom stereocenters. The predicted octanol–water partition coefficient (Wildman–Crippen LogP) is 4.32. The number of fused-ring (bicyclic) bond motifs is 3. The Morgan fingerprint density at radius 2 is 1.53 bits per heavy atom. The molecule has 1 aliphatic carbocycles. The highest BCUT2D eigenvalue weighted by Crippen LogP contribution is 2.44. The number of amides is 1. The van der Waals surface area contributed by atoms with E-state index in [1.54, 1.807) is 20.8 Å². The van der Waals surface area contributed by atoms with Gasteiger partial charge in [-0.25, -0.2) is 14.4 Å². The van der Waals surface area contributed by atoms with Crippen molar-refractivity contribution < 1.29 is 33.7 Å². The highest BCUT2D eigenvalue weighted by atomic mass is 16.7. The molecule has 0 aromatic heterocycles. The molecule has 0 radical (unpaired) electrons. The molecule has 2 aromatic rings. The summed E-state index contributed by atoms with van der Waals surface area (Å²) in [5, 5.41) is 11.7. The van der Waals surface area contributed by atoms with Gasteiger partial charge in [-0.05, 0) is 49.9 Å². The summed E-state index contributed by atoms with van der Waals surface area (Å²) in [4.78, 5) is 35.9. The number of benzene rings is 2. The Labute approximate surface area is 186 Å². The molecule has 0 heterocycles. The summed E-state index contributed by atoms with van der Waals surface area (Å²) >= 11 is 0. The predicted molar refractivity (Wildman–Crippen MR) is 116 cm³/mol. The third kappa shape index (κ3) is 5.38. The van der Waals surface area contributed by atoms with E-state index < -0.39 is 36.0 Å². The zero-order chi connectivity index (χ0) is 23.5. The van der Waals surface area contributed by atoms with Gasteiger partial charge in [-0.15, -0.1) is 0 Å². The van der Waals surface area contributed by atoms with Crippen molar-refractivity contribution in [2.75, 3.05) is 6.61 Å². The van der Waals surface area contributed by atoms with Crippen LogP contribution < -0.4 is 5.32 Å². The molecule has 8 nitrogen and oxygen atoms in total. The Balaban J connectivity index is 1.63. The molecular formula is C24H27NO7. The lowest BCUT2D eigenvalue weighted by atomic mass is 9.98. The van der Waals surface area contributed by atoms with E-state index in [9.17, 15) is 19.5 Å². The third-order valence-corrected chi connectivity index (χ3v) is 5.02. The first-order valence-electron chi connectivity index (χ1n) is 10.3. The van der Waals surface area contributed by atoms with E-state index in [0.717, 1.165) is 22.3 Å². The quantitative estimate of drug-likeness (QED) is 0.642. The van der Waals surface area contributed by atoms with Crippen molar-refractivity contribution in [3.05, 3.63) is 59.7 Å². The van der Waals surface area contributed by atoms with Crippen LogP contribution >= 0.6 is 0 Å². The van der Waals surface area contributed by atoms with Crippen LogP contribution in [0.5, 0.6) is 0 Å². The molecule has 1 aliphatic rings. The second kappa shape index (κ2) is 9.30. The number of alkyl carbamates (subject to hydrolysis) is 1. The Kier molecular flexibility index (Phi) is 6.72. The fourth-order valence-electron chi connectivity index (χ4n) is 3.64. The lowest BCUT2D eigenvalue weighted by Crippen LogP contribution is -2.49. The van der Waals surface area contributed by atoms with Crippen molar-refractivity contribution in [3.63, 3.8) is 0 Å². The summed E-state index contributed by atoms with van der Waals surface area (Å²) in [7, 11) is 0. The van der Waals surface area contributed by atoms with Gasteiger partial charge >= 0.3 is 18.2 Å². The molecule has 2 N–H and O–H groups in total. The molecule has 8 heteroatoms. The van der Waals surface area contributed by atoms with E-state index in [1.165, 1.54) is 6.92 Å². The fraction of sp³-hybridized carbons (Fsp3) is 0.375. The van der Waals surface area contributed by atoms with Gasteiger partial charge in [0.15, 0.2) is 6.04 Å². The van der Waals surface area contributed by atoms with Gasteiger partial charge in [-0.1, -0.05) is 48.5 Å². The van der Waals surface area contributed by atoms with Crippen molar-refractivity contribution in [2.24, 2.45) is 0 Å². The first kappa shape index (κ1) is 23.1. The number of carboxylic acids is 1. The Bertz CT molecular complexity index is 966. The van der Waals surface area contributed by atoms with Crippen LogP contribution in [0.15, 0.2) is 48.5 Å². The topological polar surface area (TPSA) is 111 Å². The lowest BCUT2D eigenvalue weighted by molar-refractivity contribution is -0.142. The van der Waals surface area contributed by atoms with E-state index in [2.05, 4.69) is 5.32 Å². The normalized spacial score (nSPS) is 14.5. The molecule has 1 amide bonds. The molecular weight excluding hydrogens is 414 g/mol. The van der Waals surface area contributed by atoms with Gasteiger partial charge < -0.3 is 24.6 Å². The van der Waals surface area contributed by atoms with Crippen LogP contribution in [0.1, 0.15) is 44.7 Å². The minimum absolute atomic E-state index is 0.0352. The standard InChI is InChI=1S/C24H27NO7/c1-14(31-23(29)32-24(2,3)4)20(21(26)27)25-22(28)30-13-19-17-11-7-5-9-15(17)16-10-6-8-12-18(16)19/h5-12,14,19-20H,13H2,1-4H3,(H,25,28)(H,26,27)/t14-,20+/m1/s1. The Hall–Kier alpha value is -3.55. The van der Waals surface area contributed by atoms with Crippen molar-refractivity contribution in [1.29, 1.82) is 0 Å². The monoisotopic (exact) mass is 441 g/mol. The van der Waals surface area contributed by atoms with Gasteiger partial charge in [-0.3, -0.25) is 0 Å². The second-order valence-electron chi connectivity index (χ2n) is 8.57. The van der Waals surface area contributed by atoms with Gasteiger partial charge in [0.05, 0.1) is 0 Å². The molecule has 0 saturated carbocycles. The molecule has 0 aliphatic heterocycles. The highest BCUT2D eigenvalue weighted by Gasteiger charge is 2.33. The van der Waals surface area contributed by atoms with Crippen LogP contribution in [0.4, 0.5) is 9.59 Å². The summed E-state index contributed by atoms with van der Waals surface area (Å²) < 4.78 is 15.4. The molecule has 0 saturated heterocycles. The van der Waals surface area contributed by atoms with Crippen molar-refractivity contribution in [3.8, 4) is 11.1 Å². The van der Waals surface area contributed by atoms with Crippen LogP contribution in [0, 0.1) is 0 Å². The molecule has 2 atom stereocenters. The Morgan fingerprint density at radius 3 is 2.03 bits per heavy atom. The summed E-state index contributed by atoms with van der Waals surface area (Å²) in [5.74, 6) is -1.53. The van der Waals surface area contributed by atoms with Crippen LogP contribution in [-0.4, -0.2) is 47.7 Å².